The first kappa shape index (κ1) is 12.2. The van der Waals surface area contributed by atoms with E-state index in [0.29, 0.717) is 10.2 Å². The molecule has 7 nitrogen and oxygen atoms in total. The summed E-state index contributed by atoms with van der Waals surface area (Å²) in [5.74, 6) is -0.573. The van der Waals surface area contributed by atoms with E-state index >= 15 is 0 Å². The van der Waals surface area contributed by atoms with Gasteiger partial charge in [0.15, 0.2) is 0 Å². The standard InChI is InChI=1S/C10H9N3O4S/c1-4-6(13(15)16)3-5-7(11)8(10(14)17-2)18-9(5)12-4/h3H,11H2,1-2H3. The van der Waals surface area contributed by atoms with Gasteiger partial charge >= 0.3 is 5.97 Å². The molecule has 0 fully saturated rings. The maximum atomic E-state index is 11.5. The van der Waals surface area contributed by atoms with Gasteiger partial charge in [0.25, 0.3) is 5.69 Å². The molecular weight excluding hydrogens is 258 g/mol. The quantitative estimate of drug-likeness (QED) is 0.505. The lowest BCUT2D eigenvalue weighted by atomic mass is 10.2. The van der Waals surface area contributed by atoms with Gasteiger partial charge in [-0.15, -0.1) is 11.3 Å². The van der Waals surface area contributed by atoms with Crippen LogP contribution in [0.1, 0.15) is 15.4 Å². The van der Waals surface area contributed by atoms with Crippen molar-refractivity contribution in [3.05, 3.63) is 26.8 Å². The first-order valence-corrected chi connectivity index (χ1v) is 5.69. The topological polar surface area (TPSA) is 108 Å². The number of hydrogen-bond donors (Lipinski definition) is 1. The molecule has 0 aliphatic carbocycles. The van der Waals surface area contributed by atoms with Crippen molar-refractivity contribution in [1.82, 2.24) is 4.98 Å². The van der Waals surface area contributed by atoms with Crippen molar-refractivity contribution in [2.45, 2.75) is 6.92 Å². The van der Waals surface area contributed by atoms with Crippen LogP contribution in [0.5, 0.6) is 0 Å². The lowest BCUT2D eigenvalue weighted by Crippen LogP contribution is -2.01. The largest absolute Gasteiger partial charge is 0.465 e. The summed E-state index contributed by atoms with van der Waals surface area (Å²) in [7, 11) is 1.24. The first-order chi connectivity index (χ1) is 8.45. The van der Waals surface area contributed by atoms with Crippen molar-refractivity contribution in [2.24, 2.45) is 0 Å². The zero-order valence-corrected chi connectivity index (χ0v) is 10.4. The molecule has 18 heavy (non-hydrogen) atoms. The Morgan fingerprint density at radius 1 is 1.61 bits per heavy atom. The number of pyridine rings is 1. The average Bonchev–Trinajstić information content (AvgIpc) is 2.64. The monoisotopic (exact) mass is 267 g/mol. The highest BCUT2D eigenvalue weighted by atomic mass is 32.1. The predicted octanol–water partition coefficient (Wildman–Crippen LogP) is 1.88. The number of nitrogens with zero attached hydrogens (tertiary/aromatic N) is 2. The van der Waals surface area contributed by atoms with Crippen LogP contribution in [0.3, 0.4) is 0 Å². The lowest BCUT2D eigenvalue weighted by molar-refractivity contribution is -0.385. The van der Waals surface area contributed by atoms with Gasteiger partial charge < -0.3 is 10.5 Å². The maximum Gasteiger partial charge on any atom is 0.350 e. The van der Waals surface area contributed by atoms with Crippen molar-refractivity contribution in [3.8, 4) is 0 Å². The van der Waals surface area contributed by atoms with E-state index in [-0.39, 0.29) is 21.9 Å². The Balaban J connectivity index is 2.74. The smallest absolute Gasteiger partial charge is 0.350 e. The van der Waals surface area contributed by atoms with Gasteiger partial charge in [-0.1, -0.05) is 0 Å². The molecule has 0 bridgehead atoms. The highest BCUT2D eigenvalue weighted by Crippen LogP contribution is 2.35. The van der Waals surface area contributed by atoms with E-state index in [1.54, 1.807) is 0 Å². The van der Waals surface area contributed by atoms with Crippen LogP contribution >= 0.6 is 11.3 Å². The van der Waals surface area contributed by atoms with E-state index in [1.165, 1.54) is 20.1 Å². The molecule has 94 valence electrons. The number of carbonyl (C=O) groups excluding carboxylic acids is 1. The third kappa shape index (κ3) is 1.76. The molecule has 0 saturated heterocycles. The van der Waals surface area contributed by atoms with E-state index in [1.807, 2.05) is 0 Å². The Morgan fingerprint density at radius 2 is 2.28 bits per heavy atom. The number of nitro groups is 1. The summed E-state index contributed by atoms with van der Waals surface area (Å²) in [4.78, 5) is 26.5. The second-order valence-electron chi connectivity index (χ2n) is 3.54. The van der Waals surface area contributed by atoms with Crippen LogP contribution in [-0.4, -0.2) is 23.0 Å². The minimum atomic E-state index is -0.573. The van der Waals surface area contributed by atoms with Gasteiger partial charge in [0.2, 0.25) is 0 Å². The van der Waals surface area contributed by atoms with Crippen LogP contribution in [0, 0.1) is 17.0 Å². The summed E-state index contributed by atoms with van der Waals surface area (Å²) in [5.41, 5.74) is 6.11. The molecule has 0 unspecified atom stereocenters. The van der Waals surface area contributed by atoms with Crippen molar-refractivity contribution in [2.75, 3.05) is 12.8 Å². The van der Waals surface area contributed by atoms with Crippen LogP contribution in [0.2, 0.25) is 0 Å². The van der Waals surface area contributed by atoms with Gasteiger partial charge in [0, 0.05) is 11.5 Å². The molecule has 2 heterocycles. The Labute approximate surface area is 105 Å². The Kier molecular flexibility index (Phi) is 2.87. The van der Waals surface area contributed by atoms with Crippen LogP contribution in [0.4, 0.5) is 11.4 Å². The van der Waals surface area contributed by atoms with Gasteiger partial charge in [0.1, 0.15) is 15.4 Å². The number of nitrogen functional groups attached to an aromatic ring is 1. The number of carbonyl (C=O) groups is 1. The number of esters is 1. The molecule has 8 heteroatoms. The normalized spacial score (nSPS) is 10.6. The van der Waals surface area contributed by atoms with Crippen LogP contribution in [-0.2, 0) is 4.74 Å². The molecule has 2 rings (SSSR count). The van der Waals surface area contributed by atoms with Crippen LogP contribution in [0.15, 0.2) is 6.07 Å². The van der Waals surface area contributed by atoms with Gasteiger partial charge in [-0.05, 0) is 6.92 Å². The minimum Gasteiger partial charge on any atom is -0.465 e. The molecule has 2 N–H and O–H groups in total. The van der Waals surface area contributed by atoms with Gasteiger partial charge in [-0.3, -0.25) is 10.1 Å². The number of rotatable bonds is 2. The third-order valence-corrected chi connectivity index (χ3v) is 3.55. The number of ether oxygens (including phenoxy) is 1. The number of thiophene rings is 1. The predicted molar refractivity (Wildman–Crippen MR) is 66.8 cm³/mol. The average molecular weight is 267 g/mol. The summed E-state index contributed by atoms with van der Waals surface area (Å²) in [6.45, 7) is 1.53. The van der Waals surface area contributed by atoms with Crippen LogP contribution < -0.4 is 5.73 Å². The lowest BCUT2D eigenvalue weighted by Gasteiger charge is -1.97. The molecule has 0 saturated carbocycles. The number of aryl methyl sites for hydroxylation is 1. The first-order valence-electron chi connectivity index (χ1n) is 4.88. The highest BCUT2D eigenvalue weighted by molar-refractivity contribution is 7.21. The number of fused-ring (bicyclic) bond motifs is 1. The molecule has 0 amide bonds. The molecular formula is C10H9N3O4S. The zero-order chi connectivity index (χ0) is 13.4. The molecule has 0 radical (unpaired) electrons. The molecule has 2 aromatic rings. The van der Waals surface area contributed by atoms with Gasteiger partial charge in [-0.25, -0.2) is 9.78 Å². The highest BCUT2D eigenvalue weighted by Gasteiger charge is 2.21. The van der Waals surface area contributed by atoms with E-state index < -0.39 is 10.9 Å². The third-order valence-electron chi connectivity index (χ3n) is 2.45. The van der Waals surface area contributed by atoms with Crippen LogP contribution in [0.25, 0.3) is 10.2 Å². The summed E-state index contributed by atoms with van der Waals surface area (Å²) < 4.78 is 4.58. The molecule has 0 aliphatic rings. The summed E-state index contributed by atoms with van der Waals surface area (Å²) >= 11 is 1.06. The SMILES string of the molecule is COC(=O)c1sc2nc(C)c([N+](=O)[O-])cc2c1N. The summed E-state index contributed by atoms with van der Waals surface area (Å²) in [6, 6.07) is 1.33. The van der Waals surface area contributed by atoms with Crippen molar-refractivity contribution in [1.29, 1.82) is 0 Å². The molecule has 2 aromatic heterocycles. The van der Waals surface area contributed by atoms with Gasteiger partial charge in [0.05, 0.1) is 17.7 Å². The Hall–Kier alpha value is -2.22. The number of hydrogen-bond acceptors (Lipinski definition) is 7. The van der Waals surface area contributed by atoms with Crippen molar-refractivity contribution in [3.63, 3.8) is 0 Å². The maximum absolute atomic E-state index is 11.5. The van der Waals surface area contributed by atoms with E-state index in [0.717, 1.165) is 11.3 Å². The van der Waals surface area contributed by atoms with Gasteiger partial charge in [-0.2, -0.15) is 0 Å². The molecule has 0 aliphatic heterocycles. The fraction of sp³-hybridized carbons (Fsp3) is 0.200. The number of aromatic nitrogens is 1. The van der Waals surface area contributed by atoms with Crippen molar-refractivity contribution < 1.29 is 14.5 Å². The minimum absolute atomic E-state index is 0.122. The van der Waals surface area contributed by atoms with E-state index in [2.05, 4.69) is 9.72 Å². The number of anilines is 1. The second kappa shape index (κ2) is 4.22. The van der Waals surface area contributed by atoms with E-state index in [4.69, 9.17) is 5.73 Å². The Morgan fingerprint density at radius 3 is 2.83 bits per heavy atom. The molecule has 0 aromatic carbocycles. The van der Waals surface area contributed by atoms with Crippen molar-refractivity contribution >= 4 is 38.9 Å². The van der Waals surface area contributed by atoms with E-state index in [9.17, 15) is 14.9 Å². The Bertz CT molecular complexity index is 665. The second-order valence-corrected chi connectivity index (χ2v) is 4.54. The summed E-state index contributed by atoms with van der Waals surface area (Å²) in [6.07, 6.45) is 0. The summed E-state index contributed by atoms with van der Waals surface area (Å²) in [5, 5.41) is 11.2. The fourth-order valence-corrected chi connectivity index (χ4v) is 2.59. The molecule has 0 atom stereocenters. The fourth-order valence-electron chi connectivity index (χ4n) is 1.55. The number of nitrogens with two attached hydrogens (primary N) is 1. The molecule has 0 spiro atoms. The zero-order valence-electron chi connectivity index (χ0n) is 9.59. The number of methoxy groups -OCH3 is 1.